The van der Waals surface area contributed by atoms with Crippen LogP contribution in [0.25, 0.3) is 0 Å². The molecule has 0 aromatic carbocycles. The average Bonchev–Trinajstić information content (AvgIpc) is 2.70. The molecule has 6 heteroatoms. The molecule has 1 aliphatic rings. The van der Waals surface area contributed by atoms with E-state index in [4.69, 9.17) is 34.8 Å². The fourth-order valence-electron chi connectivity index (χ4n) is 2.36. The molecule has 0 bridgehead atoms. The normalized spacial score (nSPS) is 19.9. The van der Waals surface area contributed by atoms with Crippen molar-refractivity contribution in [2.75, 3.05) is 32.1 Å². The summed E-state index contributed by atoms with van der Waals surface area (Å²) in [5.41, 5.74) is 0. The predicted molar refractivity (Wildman–Crippen MR) is 78.2 cm³/mol. The Morgan fingerprint density at radius 2 is 2.06 bits per heavy atom. The summed E-state index contributed by atoms with van der Waals surface area (Å²) in [5.74, 6) is 0.746. The average molecular weight is 309 g/mol. The lowest BCUT2D eigenvalue weighted by molar-refractivity contribution is 0.371. The summed E-state index contributed by atoms with van der Waals surface area (Å²) in [7, 11) is 4.14. The van der Waals surface area contributed by atoms with E-state index in [0.29, 0.717) is 21.2 Å². The second kappa shape index (κ2) is 5.83. The monoisotopic (exact) mass is 307 g/mol. The second-order valence-electron chi connectivity index (χ2n) is 4.82. The Balaban J connectivity index is 2.27. The van der Waals surface area contributed by atoms with Crippen LogP contribution in [-0.4, -0.2) is 43.1 Å². The first-order chi connectivity index (χ1) is 8.49. The molecule has 1 unspecified atom stereocenters. The number of pyridine rings is 1. The summed E-state index contributed by atoms with van der Waals surface area (Å²) in [6.45, 7) is 1.95. The summed E-state index contributed by atoms with van der Waals surface area (Å²) in [6.07, 6.45) is 2.30. The van der Waals surface area contributed by atoms with Gasteiger partial charge in [-0.15, -0.1) is 0 Å². The molecule has 1 aromatic rings. The Morgan fingerprint density at radius 3 is 2.72 bits per heavy atom. The fraction of sp³-hybridized carbons (Fsp3) is 0.583. The van der Waals surface area contributed by atoms with Gasteiger partial charge in [-0.25, -0.2) is 4.98 Å². The van der Waals surface area contributed by atoms with Gasteiger partial charge >= 0.3 is 0 Å². The van der Waals surface area contributed by atoms with Crippen molar-refractivity contribution in [2.24, 2.45) is 0 Å². The molecule has 0 radical (unpaired) electrons. The highest BCUT2D eigenvalue weighted by Crippen LogP contribution is 2.34. The third kappa shape index (κ3) is 3.02. The van der Waals surface area contributed by atoms with Crippen LogP contribution in [-0.2, 0) is 0 Å². The van der Waals surface area contributed by atoms with E-state index >= 15 is 0 Å². The summed E-state index contributed by atoms with van der Waals surface area (Å²) in [5, 5.41) is 1.27. The van der Waals surface area contributed by atoms with Crippen LogP contribution in [0.2, 0.25) is 15.2 Å². The van der Waals surface area contributed by atoms with E-state index in [9.17, 15) is 0 Å². The lowest BCUT2D eigenvalue weighted by atomic mass is 10.2. The van der Waals surface area contributed by atoms with Gasteiger partial charge in [-0.05, 0) is 33.0 Å². The van der Waals surface area contributed by atoms with Crippen LogP contribution in [0.3, 0.4) is 0 Å². The minimum atomic E-state index is 0.312. The zero-order valence-corrected chi connectivity index (χ0v) is 12.7. The zero-order valence-electron chi connectivity index (χ0n) is 10.5. The SMILES string of the molecule is CN(C)CC1CCCN1c1nc(Cl)c(Cl)cc1Cl. The van der Waals surface area contributed by atoms with Crippen LogP contribution < -0.4 is 4.90 Å². The number of nitrogens with zero attached hydrogens (tertiary/aromatic N) is 3. The van der Waals surface area contributed by atoms with Crippen molar-refractivity contribution in [1.82, 2.24) is 9.88 Å². The van der Waals surface area contributed by atoms with Crippen LogP contribution in [0.1, 0.15) is 12.8 Å². The van der Waals surface area contributed by atoms with Crippen LogP contribution >= 0.6 is 34.8 Å². The molecule has 0 saturated carbocycles. The first kappa shape index (κ1) is 14.2. The summed E-state index contributed by atoms with van der Waals surface area (Å²) in [6, 6.07) is 2.10. The molecule has 3 nitrogen and oxygen atoms in total. The Bertz CT molecular complexity index is 437. The lowest BCUT2D eigenvalue weighted by Gasteiger charge is -2.28. The van der Waals surface area contributed by atoms with Crippen molar-refractivity contribution in [3.63, 3.8) is 0 Å². The maximum Gasteiger partial charge on any atom is 0.150 e. The summed E-state index contributed by atoms with van der Waals surface area (Å²) >= 11 is 18.1. The molecular formula is C12H16Cl3N3. The van der Waals surface area contributed by atoms with Gasteiger partial charge in [-0.1, -0.05) is 34.8 Å². The Hall–Kier alpha value is -0.220. The second-order valence-corrected chi connectivity index (χ2v) is 5.99. The van der Waals surface area contributed by atoms with Gasteiger partial charge in [0.25, 0.3) is 0 Å². The van der Waals surface area contributed by atoms with Crippen LogP contribution in [0.5, 0.6) is 0 Å². The number of halogens is 3. The topological polar surface area (TPSA) is 19.4 Å². The molecule has 0 aliphatic carbocycles. The highest BCUT2D eigenvalue weighted by molar-refractivity contribution is 6.42. The molecule has 100 valence electrons. The van der Waals surface area contributed by atoms with Crippen molar-refractivity contribution in [3.05, 3.63) is 21.3 Å². The van der Waals surface area contributed by atoms with Gasteiger partial charge in [0, 0.05) is 19.1 Å². The lowest BCUT2D eigenvalue weighted by Crippen LogP contribution is -2.38. The number of anilines is 1. The van der Waals surface area contributed by atoms with Crippen molar-refractivity contribution in [2.45, 2.75) is 18.9 Å². The maximum atomic E-state index is 6.22. The number of aromatic nitrogens is 1. The maximum absolute atomic E-state index is 6.22. The van der Waals surface area contributed by atoms with E-state index < -0.39 is 0 Å². The van der Waals surface area contributed by atoms with Gasteiger partial charge in [-0.2, -0.15) is 0 Å². The molecule has 1 saturated heterocycles. The first-order valence-electron chi connectivity index (χ1n) is 5.92. The van der Waals surface area contributed by atoms with Gasteiger partial charge in [0.2, 0.25) is 0 Å². The molecule has 1 atom stereocenters. The molecule has 2 rings (SSSR count). The Kier molecular flexibility index (Phi) is 4.59. The highest BCUT2D eigenvalue weighted by atomic mass is 35.5. The number of hydrogen-bond donors (Lipinski definition) is 0. The standard InChI is InChI=1S/C12H16Cl3N3/c1-17(2)7-8-4-3-5-18(8)12-10(14)6-9(13)11(15)16-12/h6,8H,3-5,7H2,1-2H3. The number of hydrogen-bond acceptors (Lipinski definition) is 3. The largest absolute Gasteiger partial charge is 0.351 e. The van der Waals surface area contributed by atoms with Crippen molar-refractivity contribution < 1.29 is 0 Å². The quantitative estimate of drug-likeness (QED) is 0.796. The molecule has 1 fully saturated rings. The van der Waals surface area contributed by atoms with E-state index in [1.165, 1.54) is 0 Å². The Labute approximate surface area is 123 Å². The van der Waals surface area contributed by atoms with Crippen LogP contribution in [0, 0.1) is 0 Å². The Morgan fingerprint density at radius 1 is 1.33 bits per heavy atom. The molecule has 0 N–H and O–H groups in total. The molecule has 0 spiro atoms. The van der Waals surface area contributed by atoms with Gasteiger partial charge in [-0.3, -0.25) is 0 Å². The summed E-state index contributed by atoms with van der Waals surface area (Å²) in [4.78, 5) is 8.72. The van der Waals surface area contributed by atoms with E-state index in [0.717, 1.165) is 31.7 Å². The fourth-order valence-corrected chi connectivity index (χ4v) is 2.96. The molecule has 0 amide bonds. The third-order valence-electron chi connectivity index (χ3n) is 3.09. The third-order valence-corrected chi connectivity index (χ3v) is 4.04. The molecule has 2 heterocycles. The van der Waals surface area contributed by atoms with Gasteiger partial charge in [0.1, 0.15) is 11.0 Å². The van der Waals surface area contributed by atoms with Gasteiger partial charge in [0.15, 0.2) is 0 Å². The molecule has 18 heavy (non-hydrogen) atoms. The first-order valence-corrected chi connectivity index (χ1v) is 7.05. The van der Waals surface area contributed by atoms with Crippen molar-refractivity contribution >= 4 is 40.6 Å². The summed E-state index contributed by atoms with van der Waals surface area (Å²) < 4.78 is 0. The van der Waals surface area contributed by atoms with Crippen molar-refractivity contribution in [3.8, 4) is 0 Å². The molecular weight excluding hydrogens is 293 g/mol. The molecule has 1 aliphatic heterocycles. The predicted octanol–water partition coefficient (Wildman–Crippen LogP) is 3.57. The van der Waals surface area contributed by atoms with Crippen LogP contribution in [0.15, 0.2) is 6.07 Å². The van der Waals surface area contributed by atoms with Crippen LogP contribution in [0.4, 0.5) is 5.82 Å². The smallest absolute Gasteiger partial charge is 0.150 e. The minimum absolute atomic E-state index is 0.312. The highest BCUT2D eigenvalue weighted by Gasteiger charge is 2.28. The van der Waals surface area contributed by atoms with E-state index in [2.05, 4.69) is 28.9 Å². The minimum Gasteiger partial charge on any atom is -0.351 e. The van der Waals surface area contributed by atoms with Crippen molar-refractivity contribution in [1.29, 1.82) is 0 Å². The number of likely N-dealkylation sites (N-methyl/N-ethyl adjacent to an activating group) is 1. The van der Waals surface area contributed by atoms with Gasteiger partial charge < -0.3 is 9.80 Å². The number of rotatable bonds is 3. The van der Waals surface area contributed by atoms with E-state index in [1.807, 2.05) is 0 Å². The van der Waals surface area contributed by atoms with Gasteiger partial charge in [0.05, 0.1) is 10.0 Å². The zero-order chi connectivity index (χ0) is 13.3. The van der Waals surface area contributed by atoms with E-state index in [1.54, 1.807) is 6.07 Å². The van der Waals surface area contributed by atoms with E-state index in [-0.39, 0.29) is 0 Å². The molecule has 1 aromatic heterocycles.